The Morgan fingerprint density at radius 3 is 2.41 bits per heavy atom. The van der Waals surface area contributed by atoms with Crippen molar-refractivity contribution in [2.75, 3.05) is 0 Å². The Labute approximate surface area is 123 Å². The summed E-state index contributed by atoms with van der Waals surface area (Å²) in [4.78, 5) is 7.95. The van der Waals surface area contributed by atoms with E-state index in [1.54, 1.807) is 0 Å². The standard InChI is InChI=1S/C14H10F2N4O2/c15-11(16)13-20-19-12(22-13)10-6-17-14(18-7-10)21-8-9-4-2-1-3-5-9/h1-7,11H,8H2. The molecule has 0 unspecified atom stereocenters. The van der Waals surface area contributed by atoms with Crippen LogP contribution < -0.4 is 4.74 Å². The molecule has 6 nitrogen and oxygen atoms in total. The Balaban J connectivity index is 1.67. The number of benzene rings is 1. The van der Waals surface area contributed by atoms with Crippen molar-refractivity contribution in [2.24, 2.45) is 0 Å². The highest BCUT2D eigenvalue weighted by Gasteiger charge is 2.17. The Morgan fingerprint density at radius 2 is 1.77 bits per heavy atom. The molecule has 8 heteroatoms. The molecule has 0 N–H and O–H groups in total. The largest absolute Gasteiger partial charge is 0.459 e. The predicted molar refractivity (Wildman–Crippen MR) is 71.1 cm³/mol. The maximum atomic E-state index is 12.4. The summed E-state index contributed by atoms with van der Waals surface area (Å²) in [6.07, 6.45) is -0.0673. The van der Waals surface area contributed by atoms with Crippen LogP contribution in [-0.4, -0.2) is 20.2 Å². The minimum Gasteiger partial charge on any atom is -0.459 e. The maximum absolute atomic E-state index is 12.4. The Bertz CT molecular complexity index is 732. The topological polar surface area (TPSA) is 73.9 Å². The zero-order chi connectivity index (χ0) is 15.4. The molecule has 0 fully saturated rings. The van der Waals surface area contributed by atoms with Crippen molar-refractivity contribution in [2.45, 2.75) is 13.0 Å². The van der Waals surface area contributed by atoms with Gasteiger partial charge in [-0.2, -0.15) is 8.78 Å². The van der Waals surface area contributed by atoms with Crippen molar-refractivity contribution in [3.05, 3.63) is 54.2 Å². The number of alkyl halides is 2. The van der Waals surface area contributed by atoms with Gasteiger partial charge in [-0.15, -0.1) is 10.2 Å². The lowest BCUT2D eigenvalue weighted by Gasteiger charge is -2.04. The zero-order valence-corrected chi connectivity index (χ0v) is 11.2. The van der Waals surface area contributed by atoms with Gasteiger partial charge in [0.05, 0.1) is 5.56 Å². The van der Waals surface area contributed by atoms with Crippen LogP contribution >= 0.6 is 0 Å². The molecule has 0 radical (unpaired) electrons. The number of halogens is 2. The highest BCUT2D eigenvalue weighted by Crippen LogP contribution is 2.22. The quantitative estimate of drug-likeness (QED) is 0.721. The summed E-state index contributed by atoms with van der Waals surface area (Å²) in [6.45, 7) is 0.330. The van der Waals surface area contributed by atoms with Gasteiger partial charge in [-0.25, -0.2) is 9.97 Å². The Kier molecular flexibility index (Phi) is 3.99. The molecule has 0 amide bonds. The number of hydrogen-bond acceptors (Lipinski definition) is 6. The monoisotopic (exact) mass is 304 g/mol. The fourth-order valence-corrected chi connectivity index (χ4v) is 1.66. The zero-order valence-electron chi connectivity index (χ0n) is 11.2. The van der Waals surface area contributed by atoms with Crippen LogP contribution in [0.4, 0.5) is 8.78 Å². The lowest BCUT2D eigenvalue weighted by molar-refractivity contribution is 0.116. The molecule has 1 aromatic carbocycles. The number of aromatic nitrogens is 4. The van der Waals surface area contributed by atoms with Crippen LogP contribution in [0.5, 0.6) is 6.01 Å². The van der Waals surface area contributed by atoms with Gasteiger partial charge in [0.15, 0.2) is 0 Å². The van der Waals surface area contributed by atoms with E-state index in [0.717, 1.165) is 5.56 Å². The smallest absolute Gasteiger partial charge is 0.316 e. The van der Waals surface area contributed by atoms with Crippen molar-refractivity contribution in [1.29, 1.82) is 0 Å². The first-order valence-corrected chi connectivity index (χ1v) is 6.33. The molecule has 0 saturated heterocycles. The van der Waals surface area contributed by atoms with E-state index in [0.29, 0.717) is 12.2 Å². The van der Waals surface area contributed by atoms with E-state index in [-0.39, 0.29) is 11.9 Å². The average Bonchev–Trinajstić information content (AvgIpc) is 3.05. The van der Waals surface area contributed by atoms with Gasteiger partial charge in [0.25, 0.3) is 11.8 Å². The summed E-state index contributed by atoms with van der Waals surface area (Å²) >= 11 is 0. The van der Waals surface area contributed by atoms with E-state index in [1.165, 1.54) is 12.4 Å². The molecule has 2 heterocycles. The second-order valence-corrected chi connectivity index (χ2v) is 4.27. The van der Waals surface area contributed by atoms with E-state index < -0.39 is 12.3 Å². The van der Waals surface area contributed by atoms with Crippen LogP contribution in [0.25, 0.3) is 11.5 Å². The molecule has 0 spiro atoms. The molecule has 0 aliphatic carbocycles. The third-order valence-electron chi connectivity index (χ3n) is 2.71. The van der Waals surface area contributed by atoms with E-state index in [9.17, 15) is 8.78 Å². The van der Waals surface area contributed by atoms with Gasteiger partial charge in [-0.3, -0.25) is 0 Å². The van der Waals surface area contributed by atoms with Crippen molar-refractivity contribution < 1.29 is 17.9 Å². The normalized spacial score (nSPS) is 10.9. The van der Waals surface area contributed by atoms with Crippen LogP contribution in [0.3, 0.4) is 0 Å². The predicted octanol–water partition coefficient (Wildman–Crippen LogP) is 3.04. The van der Waals surface area contributed by atoms with Gasteiger partial charge in [0.1, 0.15) is 6.61 Å². The van der Waals surface area contributed by atoms with E-state index in [2.05, 4.69) is 20.2 Å². The third-order valence-corrected chi connectivity index (χ3v) is 2.71. The van der Waals surface area contributed by atoms with Crippen molar-refractivity contribution >= 4 is 0 Å². The molecular formula is C14H10F2N4O2. The first kappa shape index (κ1) is 14.1. The lowest BCUT2D eigenvalue weighted by Crippen LogP contribution is -1.99. The van der Waals surface area contributed by atoms with Crippen LogP contribution in [-0.2, 0) is 6.61 Å². The number of ether oxygens (including phenoxy) is 1. The van der Waals surface area contributed by atoms with Gasteiger partial charge in [-0.05, 0) is 5.56 Å². The van der Waals surface area contributed by atoms with Gasteiger partial charge < -0.3 is 9.15 Å². The van der Waals surface area contributed by atoms with Crippen molar-refractivity contribution in [3.8, 4) is 17.5 Å². The van der Waals surface area contributed by atoms with Gasteiger partial charge in [0.2, 0.25) is 0 Å². The summed E-state index contributed by atoms with van der Waals surface area (Å²) in [7, 11) is 0. The van der Waals surface area contributed by atoms with Crippen molar-refractivity contribution in [1.82, 2.24) is 20.2 Å². The maximum Gasteiger partial charge on any atom is 0.316 e. The van der Waals surface area contributed by atoms with Crippen LogP contribution in [0.15, 0.2) is 47.1 Å². The fraction of sp³-hybridized carbons (Fsp3) is 0.143. The summed E-state index contributed by atoms with van der Waals surface area (Å²) in [5.41, 5.74) is 1.32. The Morgan fingerprint density at radius 1 is 1.05 bits per heavy atom. The second-order valence-electron chi connectivity index (χ2n) is 4.27. The van der Waals surface area contributed by atoms with E-state index in [1.807, 2.05) is 30.3 Å². The summed E-state index contributed by atoms with van der Waals surface area (Å²) < 4.78 is 35.0. The third kappa shape index (κ3) is 3.22. The van der Waals surface area contributed by atoms with Crippen LogP contribution in [0.2, 0.25) is 0 Å². The average molecular weight is 304 g/mol. The van der Waals surface area contributed by atoms with Crippen molar-refractivity contribution in [3.63, 3.8) is 0 Å². The van der Waals surface area contributed by atoms with Gasteiger partial charge in [-0.1, -0.05) is 30.3 Å². The minimum atomic E-state index is -2.81. The molecule has 0 bridgehead atoms. The molecule has 0 atom stereocenters. The number of rotatable bonds is 5. The molecule has 22 heavy (non-hydrogen) atoms. The molecule has 2 aromatic heterocycles. The molecule has 3 rings (SSSR count). The SMILES string of the molecule is FC(F)c1nnc(-c2cnc(OCc3ccccc3)nc2)o1. The molecule has 0 aliphatic rings. The molecular weight excluding hydrogens is 294 g/mol. The number of nitrogens with zero attached hydrogens (tertiary/aromatic N) is 4. The summed E-state index contributed by atoms with van der Waals surface area (Å²) in [6, 6.07) is 9.71. The summed E-state index contributed by atoms with van der Waals surface area (Å²) in [5.74, 6) is -0.802. The minimum absolute atomic E-state index is 0.0649. The second kappa shape index (κ2) is 6.25. The lowest BCUT2D eigenvalue weighted by atomic mass is 10.2. The molecule has 0 aliphatic heterocycles. The fourth-order valence-electron chi connectivity index (χ4n) is 1.66. The van der Waals surface area contributed by atoms with Crippen LogP contribution in [0.1, 0.15) is 17.9 Å². The highest BCUT2D eigenvalue weighted by molar-refractivity contribution is 5.49. The van der Waals surface area contributed by atoms with E-state index >= 15 is 0 Å². The molecule has 3 aromatic rings. The van der Waals surface area contributed by atoms with Gasteiger partial charge >= 0.3 is 12.4 Å². The first-order valence-electron chi connectivity index (χ1n) is 6.33. The number of hydrogen-bond donors (Lipinski definition) is 0. The van der Waals surface area contributed by atoms with Gasteiger partial charge in [0, 0.05) is 12.4 Å². The highest BCUT2D eigenvalue weighted by atomic mass is 19.3. The van der Waals surface area contributed by atoms with Crippen LogP contribution in [0, 0.1) is 0 Å². The Hall–Kier alpha value is -2.90. The molecule has 0 saturated carbocycles. The summed E-state index contributed by atoms with van der Waals surface area (Å²) in [5, 5.41) is 6.75. The first-order chi connectivity index (χ1) is 10.7. The molecule has 112 valence electrons. The van der Waals surface area contributed by atoms with E-state index in [4.69, 9.17) is 9.15 Å².